The fourth-order valence-corrected chi connectivity index (χ4v) is 2.39. The number of guanidine groups is 1. The summed E-state index contributed by atoms with van der Waals surface area (Å²) >= 11 is 0. The molecule has 3 N–H and O–H groups in total. The molecule has 1 aliphatic rings. The Morgan fingerprint density at radius 2 is 2.12 bits per heavy atom. The van der Waals surface area contributed by atoms with Crippen LogP contribution in [-0.4, -0.2) is 54.9 Å². The second-order valence-electron chi connectivity index (χ2n) is 5.37. The van der Waals surface area contributed by atoms with Gasteiger partial charge in [0.05, 0.1) is 19.8 Å². The predicted molar refractivity (Wildman–Crippen MR) is 105 cm³/mol. The van der Waals surface area contributed by atoms with Gasteiger partial charge in [-0.2, -0.15) is 0 Å². The van der Waals surface area contributed by atoms with E-state index in [1.165, 1.54) is 7.11 Å². The number of aliphatic imine (C=N–C) groups is 1. The van der Waals surface area contributed by atoms with Crippen LogP contribution in [0.5, 0.6) is 0 Å². The van der Waals surface area contributed by atoms with E-state index in [2.05, 4.69) is 25.3 Å². The topological polar surface area (TPSA) is 86.2 Å². The van der Waals surface area contributed by atoms with Crippen molar-refractivity contribution in [1.82, 2.24) is 10.2 Å². The summed E-state index contributed by atoms with van der Waals surface area (Å²) in [6, 6.07) is 7.46. The van der Waals surface area contributed by atoms with Crippen LogP contribution in [0.4, 0.5) is 10.5 Å². The molecule has 0 bridgehead atoms. The van der Waals surface area contributed by atoms with Crippen LogP contribution in [0.3, 0.4) is 0 Å². The van der Waals surface area contributed by atoms with Gasteiger partial charge in [-0.1, -0.05) is 12.1 Å². The minimum absolute atomic E-state index is 0. The molecule has 0 spiro atoms. The number of methoxy groups -OCH3 is 1. The first-order chi connectivity index (χ1) is 11.1. The molecule has 1 saturated heterocycles. The zero-order chi connectivity index (χ0) is 16.7. The molecule has 134 valence electrons. The predicted octanol–water partition coefficient (Wildman–Crippen LogP) is 2.02. The lowest BCUT2D eigenvalue weighted by Crippen LogP contribution is -2.40. The molecule has 1 heterocycles. The smallest absolute Gasteiger partial charge is 0.411 e. The van der Waals surface area contributed by atoms with E-state index in [4.69, 9.17) is 0 Å². The van der Waals surface area contributed by atoms with Crippen LogP contribution >= 0.6 is 24.0 Å². The summed E-state index contributed by atoms with van der Waals surface area (Å²) in [4.78, 5) is 17.8. The first kappa shape index (κ1) is 20.5. The monoisotopic (exact) mass is 448 g/mol. The first-order valence-corrected chi connectivity index (χ1v) is 7.77. The van der Waals surface area contributed by atoms with E-state index in [1.54, 1.807) is 0 Å². The van der Waals surface area contributed by atoms with Crippen molar-refractivity contribution in [2.24, 2.45) is 4.99 Å². The third kappa shape index (κ3) is 6.16. The summed E-state index contributed by atoms with van der Waals surface area (Å²) in [6.45, 7) is 4.78. The largest absolute Gasteiger partial charge is 0.453 e. The number of aliphatic hydroxyl groups excluding tert-OH is 1. The second kappa shape index (κ2) is 10.3. The number of carbonyl (C=O) groups excluding carboxylic acids is 1. The van der Waals surface area contributed by atoms with Crippen LogP contribution in [0.15, 0.2) is 29.3 Å². The van der Waals surface area contributed by atoms with Gasteiger partial charge in [0.1, 0.15) is 0 Å². The van der Waals surface area contributed by atoms with Crippen molar-refractivity contribution in [2.75, 3.05) is 32.1 Å². The molecule has 1 fully saturated rings. The molecular formula is C16H25IN4O3. The van der Waals surface area contributed by atoms with Gasteiger partial charge in [-0.05, 0) is 31.0 Å². The molecule has 8 heteroatoms. The number of benzene rings is 1. The highest BCUT2D eigenvalue weighted by molar-refractivity contribution is 14.0. The molecule has 1 aromatic carbocycles. The number of nitrogens with one attached hydrogen (secondary N) is 2. The Hall–Kier alpha value is -1.55. The van der Waals surface area contributed by atoms with E-state index < -0.39 is 6.09 Å². The molecule has 0 saturated carbocycles. The van der Waals surface area contributed by atoms with Crippen molar-refractivity contribution in [3.05, 3.63) is 29.8 Å². The van der Waals surface area contributed by atoms with Gasteiger partial charge in [-0.3, -0.25) is 5.32 Å². The second-order valence-corrected chi connectivity index (χ2v) is 5.37. The summed E-state index contributed by atoms with van der Waals surface area (Å²) in [6.07, 6.45) is 0.0125. The molecule has 1 atom stereocenters. The SMILES string of the molecule is CCNC(=NCc1ccc(NC(=O)OC)cc1)N1CC[C@@H](O)C1.I. The Labute approximate surface area is 159 Å². The molecule has 0 aliphatic carbocycles. The van der Waals surface area contributed by atoms with Crippen LogP contribution in [0, 0.1) is 0 Å². The van der Waals surface area contributed by atoms with Gasteiger partial charge in [0, 0.05) is 25.3 Å². The van der Waals surface area contributed by atoms with Crippen LogP contribution in [-0.2, 0) is 11.3 Å². The maximum atomic E-state index is 11.1. The number of likely N-dealkylation sites (tertiary alicyclic amines) is 1. The summed E-state index contributed by atoms with van der Waals surface area (Å²) < 4.78 is 4.55. The van der Waals surface area contributed by atoms with E-state index in [-0.39, 0.29) is 30.1 Å². The average molecular weight is 448 g/mol. The van der Waals surface area contributed by atoms with Gasteiger partial charge in [-0.15, -0.1) is 24.0 Å². The lowest BCUT2D eigenvalue weighted by Gasteiger charge is -2.20. The van der Waals surface area contributed by atoms with Crippen molar-refractivity contribution in [2.45, 2.75) is 26.0 Å². The maximum Gasteiger partial charge on any atom is 0.411 e. The first-order valence-electron chi connectivity index (χ1n) is 7.77. The van der Waals surface area contributed by atoms with Crippen molar-refractivity contribution < 1.29 is 14.6 Å². The van der Waals surface area contributed by atoms with Gasteiger partial charge in [0.25, 0.3) is 0 Å². The molecular weight excluding hydrogens is 423 g/mol. The molecule has 24 heavy (non-hydrogen) atoms. The molecule has 0 aromatic heterocycles. The molecule has 0 unspecified atom stereocenters. The lowest BCUT2D eigenvalue weighted by molar-refractivity contribution is 0.186. The number of anilines is 1. The number of carbonyl (C=O) groups is 1. The van der Waals surface area contributed by atoms with Crippen LogP contribution in [0.2, 0.25) is 0 Å². The number of amides is 1. The van der Waals surface area contributed by atoms with Crippen LogP contribution in [0.1, 0.15) is 18.9 Å². The van der Waals surface area contributed by atoms with Gasteiger partial charge in [0.15, 0.2) is 5.96 Å². The zero-order valence-corrected chi connectivity index (χ0v) is 16.3. The lowest BCUT2D eigenvalue weighted by atomic mass is 10.2. The number of hydrogen-bond acceptors (Lipinski definition) is 4. The minimum Gasteiger partial charge on any atom is -0.453 e. The fourth-order valence-electron chi connectivity index (χ4n) is 2.39. The number of ether oxygens (including phenoxy) is 1. The number of hydrogen-bond donors (Lipinski definition) is 3. The Morgan fingerprint density at radius 3 is 2.67 bits per heavy atom. The molecule has 7 nitrogen and oxygen atoms in total. The van der Waals surface area contributed by atoms with Gasteiger partial charge < -0.3 is 20.1 Å². The minimum atomic E-state index is -0.488. The molecule has 1 amide bonds. The Morgan fingerprint density at radius 1 is 1.42 bits per heavy atom. The van der Waals surface area contributed by atoms with Crippen molar-refractivity contribution in [3.63, 3.8) is 0 Å². The van der Waals surface area contributed by atoms with Gasteiger partial charge in [0.2, 0.25) is 0 Å². The van der Waals surface area contributed by atoms with Crippen molar-refractivity contribution >= 4 is 41.7 Å². The molecule has 1 aromatic rings. The third-order valence-corrected chi connectivity index (χ3v) is 3.59. The summed E-state index contributed by atoms with van der Waals surface area (Å²) in [5, 5.41) is 15.5. The highest BCUT2D eigenvalue weighted by atomic mass is 127. The summed E-state index contributed by atoms with van der Waals surface area (Å²) in [5.41, 5.74) is 1.72. The van der Waals surface area contributed by atoms with Crippen molar-refractivity contribution in [3.8, 4) is 0 Å². The zero-order valence-electron chi connectivity index (χ0n) is 14.0. The van der Waals surface area contributed by atoms with E-state index >= 15 is 0 Å². The molecule has 1 aliphatic heterocycles. The normalized spacial score (nSPS) is 17.2. The third-order valence-electron chi connectivity index (χ3n) is 3.59. The highest BCUT2D eigenvalue weighted by Crippen LogP contribution is 2.12. The van der Waals surface area contributed by atoms with Gasteiger partial charge in [-0.25, -0.2) is 9.79 Å². The quantitative estimate of drug-likeness (QED) is 0.373. The number of nitrogens with zero attached hydrogens (tertiary/aromatic N) is 2. The fraction of sp³-hybridized carbons (Fsp3) is 0.500. The van der Waals surface area contributed by atoms with Crippen molar-refractivity contribution in [1.29, 1.82) is 0 Å². The van der Waals surface area contributed by atoms with E-state index in [0.29, 0.717) is 18.8 Å². The summed E-state index contributed by atoms with van der Waals surface area (Å²) in [7, 11) is 1.33. The standard InChI is InChI=1S/C16H24N4O3.HI/c1-3-17-15(20-9-8-14(21)11-20)18-10-12-4-6-13(7-5-12)19-16(22)23-2;/h4-7,14,21H,3,8-11H2,1-2H3,(H,17,18)(H,19,22);1H/t14-;/m1./s1. The van der Waals surface area contributed by atoms with E-state index in [1.807, 2.05) is 31.2 Å². The number of β-amino-alcohol motifs (C(OH)–C–C–N with tert-alkyl or cyclic N) is 1. The number of aliphatic hydroxyl groups is 1. The van der Waals surface area contributed by atoms with E-state index in [9.17, 15) is 9.90 Å². The Balaban J connectivity index is 0.00000288. The Bertz CT molecular complexity index is 551. The van der Waals surface area contributed by atoms with Crippen LogP contribution in [0.25, 0.3) is 0 Å². The van der Waals surface area contributed by atoms with Gasteiger partial charge >= 0.3 is 6.09 Å². The van der Waals surface area contributed by atoms with Crippen LogP contribution < -0.4 is 10.6 Å². The summed E-state index contributed by atoms with van der Waals surface area (Å²) in [5.74, 6) is 0.820. The number of rotatable bonds is 4. The highest BCUT2D eigenvalue weighted by Gasteiger charge is 2.22. The Kier molecular flexibility index (Phi) is 8.83. The molecule has 2 rings (SSSR count). The molecule has 0 radical (unpaired) electrons. The maximum absolute atomic E-state index is 11.1. The average Bonchev–Trinajstić information content (AvgIpc) is 2.99. The number of halogens is 1. The van der Waals surface area contributed by atoms with E-state index in [0.717, 1.165) is 31.0 Å².